The van der Waals surface area contributed by atoms with Crippen LogP contribution in [0.4, 0.5) is 0 Å². The van der Waals surface area contributed by atoms with Gasteiger partial charge in [-0.2, -0.15) is 0 Å². The zero-order chi connectivity index (χ0) is 36.9. The number of rotatable bonds is 15. The number of esters is 3. The summed E-state index contributed by atoms with van der Waals surface area (Å²) < 4.78 is 24.8. The molecule has 0 bridgehead atoms. The van der Waals surface area contributed by atoms with Gasteiger partial charge in [0.05, 0.1) is 23.3 Å². The Bertz CT molecular complexity index is 1980. The molecule has 0 saturated heterocycles. The summed E-state index contributed by atoms with van der Waals surface area (Å²) in [6.45, 7) is -0.419. The van der Waals surface area contributed by atoms with Crippen molar-refractivity contribution in [2.75, 3.05) is 6.61 Å². The molecular weight excluding hydrogens is 668 g/mol. The fourth-order valence-electron chi connectivity index (χ4n) is 6.01. The minimum absolute atomic E-state index is 0.165. The van der Waals surface area contributed by atoms with E-state index in [-0.39, 0.29) is 16.7 Å². The molecule has 6 aromatic carbocycles. The van der Waals surface area contributed by atoms with Crippen LogP contribution in [-0.2, 0) is 29.3 Å². The first kappa shape index (κ1) is 36.2. The summed E-state index contributed by atoms with van der Waals surface area (Å²) >= 11 is 0. The van der Waals surface area contributed by atoms with Gasteiger partial charge in [-0.1, -0.05) is 146 Å². The molecule has 0 aliphatic heterocycles. The van der Waals surface area contributed by atoms with Gasteiger partial charge in [0.25, 0.3) is 0 Å². The first-order chi connectivity index (χ1) is 26.0. The van der Waals surface area contributed by atoms with Gasteiger partial charge >= 0.3 is 17.9 Å². The first-order valence-corrected chi connectivity index (χ1v) is 17.0. The molecule has 53 heavy (non-hydrogen) atoms. The largest absolute Gasteiger partial charge is 0.452 e. The third kappa shape index (κ3) is 8.64. The molecule has 6 aromatic rings. The van der Waals surface area contributed by atoms with Crippen molar-refractivity contribution in [3.05, 3.63) is 215 Å². The van der Waals surface area contributed by atoms with Crippen LogP contribution in [0.3, 0.4) is 0 Å². The molecule has 0 heterocycles. The van der Waals surface area contributed by atoms with E-state index in [0.29, 0.717) is 6.29 Å². The average Bonchev–Trinajstić information content (AvgIpc) is 3.23. The van der Waals surface area contributed by atoms with E-state index < -0.39 is 48.4 Å². The Labute approximate surface area is 307 Å². The SMILES string of the molecule is O=CC(OC(=O)c1ccccc1)C(OC(=O)c1ccccc1)C(COC(c1ccccc1)(c1ccccc1)c1ccccc1)OC(=O)c1ccccc1. The van der Waals surface area contributed by atoms with Crippen molar-refractivity contribution in [1.29, 1.82) is 0 Å². The van der Waals surface area contributed by atoms with Crippen LogP contribution in [0.5, 0.6) is 0 Å². The quantitative estimate of drug-likeness (QED) is 0.0461. The third-order valence-electron chi connectivity index (χ3n) is 8.60. The normalized spacial score (nSPS) is 12.8. The molecule has 0 saturated carbocycles. The van der Waals surface area contributed by atoms with E-state index in [1.807, 2.05) is 91.0 Å². The van der Waals surface area contributed by atoms with Gasteiger partial charge in [0.15, 0.2) is 24.6 Å². The lowest BCUT2D eigenvalue weighted by molar-refractivity contribution is -0.138. The maximum Gasteiger partial charge on any atom is 0.338 e. The van der Waals surface area contributed by atoms with Gasteiger partial charge < -0.3 is 18.9 Å². The van der Waals surface area contributed by atoms with E-state index >= 15 is 0 Å². The summed E-state index contributed by atoms with van der Waals surface area (Å²) in [5, 5.41) is 0. The molecule has 0 fully saturated rings. The smallest absolute Gasteiger partial charge is 0.338 e. The molecule has 3 unspecified atom stereocenters. The van der Waals surface area contributed by atoms with Crippen molar-refractivity contribution >= 4 is 24.2 Å². The highest BCUT2D eigenvalue weighted by Gasteiger charge is 2.43. The highest BCUT2D eigenvalue weighted by molar-refractivity contribution is 5.92. The van der Waals surface area contributed by atoms with Crippen LogP contribution in [0.15, 0.2) is 182 Å². The Hall–Kier alpha value is -6.64. The second-order valence-corrected chi connectivity index (χ2v) is 12.0. The Kier molecular flexibility index (Phi) is 12.0. The van der Waals surface area contributed by atoms with Gasteiger partial charge in [-0.15, -0.1) is 0 Å². The summed E-state index contributed by atoms with van der Waals surface area (Å²) in [7, 11) is 0. The molecule has 0 spiro atoms. The van der Waals surface area contributed by atoms with E-state index in [2.05, 4.69) is 0 Å². The second kappa shape index (κ2) is 17.5. The minimum atomic E-state index is -1.72. The second-order valence-electron chi connectivity index (χ2n) is 12.0. The molecule has 0 aliphatic rings. The summed E-state index contributed by atoms with van der Waals surface area (Å²) in [4.78, 5) is 53.7. The van der Waals surface area contributed by atoms with E-state index in [9.17, 15) is 19.2 Å². The molecule has 0 amide bonds. The van der Waals surface area contributed by atoms with Gasteiger partial charge in [-0.25, -0.2) is 14.4 Å². The van der Waals surface area contributed by atoms with Crippen LogP contribution in [0, 0.1) is 0 Å². The van der Waals surface area contributed by atoms with Crippen LogP contribution in [0.1, 0.15) is 47.8 Å². The van der Waals surface area contributed by atoms with Crippen LogP contribution in [0.2, 0.25) is 0 Å². The predicted octanol–water partition coefficient (Wildman–Crippen LogP) is 7.87. The van der Waals surface area contributed by atoms with Crippen LogP contribution in [0.25, 0.3) is 0 Å². The van der Waals surface area contributed by atoms with Crippen LogP contribution in [-0.4, -0.2) is 49.1 Å². The highest BCUT2D eigenvalue weighted by Crippen LogP contribution is 2.41. The highest BCUT2D eigenvalue weighted by atomic mass is 16.6. The van der Waals surface area contributed by atoms with E-state index in [1.165, 1.54) is 24.3 Å². The molecule has 3 atom stereocenters. The predicted molar refractivity (Wildman–Crippen MR) is 198 cm³/mol. The summed E-state index contributed by atoms with van der Waals surface area (Å²) in [6, 6.07) is 53.0. The van der Waals surface area contributed by atoms with Gasteiger partial charge in [-0.05, 0) is 53.1 Å². The van der Waals surface area contributed by atoms with Gasteiger partial charge in [-0.3, -0.25) is 4.79 Å². The van der Waals surface area contributed by atoms with Gasteiger partial charge in [0, 0.05) is 0 Å². The molecule has 6 rings (SSSR count). The Morgan fingerprint density at radius 3 is 1.13 bits per heavy atom. The van der Waals surface area contributed by atoms with Crippen molar-refractivity contribution in [1.82, 2.24) is 0 Å². The number of ether oxygens (including phenoxy) is 4. The summed E-state index contributed by atoms with van der Waals surface area (Å²) in [5.41, 5.74) is 1.51. The molecule has 8 heteroatoms. The fraction of sp³-hybridized carbons (Fsp3) is 0.111. The maximum absolute atomic E-state index is 13.8. The molecule has 8 nitrogen and oxygen atoms in total. The zero-order valence-corrected chi connectivity index (χ0v) is 28.6. The molecule has 0 N–H and O–H groups in total. The number of hydrogen-bond acceptors (Lipinski definition) is 8. The van der Waals surface area contributed by atoms with Crippen molar-refractivity contribution in [2.24, 2.45) is 0 Å². The first-order valence-electron chi connectivity index (χ1n) is 17.0. The lowest BCUT2D eigenvalue weighted by atomic mass is 9.80. The molecule has 0 aromatic heterocycles. The number of aldehydes is 1. The van der Waals surface area contributed by atoms with E-state index in [4.69, 9.17) is 18.9 Å². The fourth-order valence-corrected chi connectivity index (χ4v) is 6.01. The molecule has 0 aliphatic carbocycles. The van der Waals surface area contributed by atoms with Gasteiger partial charge in [0.1, 0.15) is 5.60 Å². The Morgan fingerprint density at radius 2 is 0.774 bits per heavy atom. The minimum Gasteiger partial charge on any atom is -0.452 e. The molecule has 264 valence electrons. The van der Waals surface area contributed by atoms with Crippen LogP contribution < -0.4 is 0 Å². The maximum atomic E-state index is 13.8. The summed E-state index contributed by atoms with van der Waals surface area (Å²) in [6.07, 6.45) is -4.50. The standard InChI is InChI=1S/C45H36O8/c46-31-39(51-42(47)33-19-7-1-8-20-33)41(53-44(49)35-23-11-3-12-24-35)40(52-43(48)34-21-9-2-10-22-34)32-50-45(36-25-13-4-14-26-36,37-27-15-5-16-28-37)38-29-17-6-18-30-38/h1-31,39-41H,32H2. The van der Waals surface area contributed by atoms with Crippen molar-refractivity contribution in [3.8, 4) is 0 Å². The van der Waals surface area contributed by atoms with E-state index in [0.717, 1.165) is 16.7 Å². The Morgan fingerprint density at radius 1 is 0.453 bits per heavy atom. The topological polar surface area (TPSA) is 105 Å². The number of carbonyl (C=O) groups is 4. The lowest BCUT2D eigenvalue weighted by Gasteiger charge is -2.38. The van der Waals surface area contributed by atoms with Crippen molar-refractivity contribution < 1.29 is 38.1 Å². The third-order valence-corrected chi connectivity index (χ3v) is 8.60. The average molecular weight is 705 g/mol. The van der Waals surface area contributed by atoms with Crippen LogP contribution >= 0.6 is 0 Å². The number of benzene rings is 6. The lowest BCUT2D eigenvalue weighted by Crippen LogP contribution is -2.50. The summed E-state index contributed by atoms with van der Waals surface area (Å²) in [5.74, 6) is -2.45. The monoisotopic (exact) mass is 704 g/mol. The zero-order valence-electron chi connectivity index (χ0n) is 28.6. The molecule has 0 radical (unpaired) electrons. The Balaban J connectivity index is 1.47. The van der Waals surface area contributed by atoms with E-state index in [1.54, 1.807) is 66.7 Å². The number of hydrogen-bond donors (Lipinski definition) is 0. The van der Waals surface area contributed by atoms with Crippen molar-refractivity contribution in [2.45, 2.75) is 23.9 Å². The number of carbonyl (C=O) groups excluding carboxylic acids is 4. The van der Waals surface area contributed by atoms with Gasteiger partial charge in [0.2, 0.25) is 0 Å². The molecular formula is C45H36O8. The van der Waals surface area contributed by atoms with Crippen molar-refractivity contribution in [3.63, 3.8) is 0 Å².